The molecule has 0 radical (unpaired) electrons. The van der Waals surface area contributed by atoms with Crippen LogP contribution in [0.2, 0.25) is 0 Å². The van der Waals surface area contributed by atoms with E-state index in [1.165, 1.54) is 0 Å². The molecule has 21 heavy (non-hydrogen) atoms. The fraction of sp³-hybridized carbons (Fsp3) is 0.529. The zero-order valence-electron chi connectivity index (χ0n) is 13.2. The van der Waals surface area contributed by atoms with Crippen molar-refractivity contribution >= 4 is 11.9 Å². The van der Waals surface area contributed by atoms with Gasteiger partial charge in [0.05, 0.1) is 17.7 Å². The van der Waals surface area contributed by atoms with E-state index in [-0.39, 0.29) is 11.1 Å². The van der Waals surface area contributed by atoms with Gasteiger partial charge in [0.2, 0.25) is 0 Å². The van der Waals surface area contributed by atoms with Crippen molar-refractivity contribution in [1.29, 1.82) is 0 Å². The lowest BCUT2D eigenvalue weighted by Crippen LogP contribution is -2.16. The lowest BCUT2D eigenvalue weighted by Gasteiger charge is -2.15. The standard InChI is InChI=1S/C17H24O4/c1-5-6-9-21-17(20)13-8-7-12(4)14(10-11(2)3)15(13)16(18)19/h7-8,11H,5-6,9-10H2,1-4H3,(H,18,19). The number of carboxylic acids is 1. The second-order valence-electron chi connectivity index (χ2n) is 5.68. The van der Waals surface area contributed by atoms with Crippen molar-refractivity contribution < 1.29 is 19.4 Å². The number of carbonyl (C=O) groups is 2. The van der Waals surface area contributed by atoms with E-state index in [1.807, 2.05) is 27.7 Å². The van der Waals surface area contributed by atoms with Crippen LogP contribution in [0, 0.1) is 12.8 Å². The van der Waals surface area contributed by atoms with Crippen LogP contribution < -0.4 is 0 Å². The normalized spacial score (nSPS) is 10.7. The summed E-state index contributed by atoms with van der Waals surface area (Å²) in [5, 5.41) is 9.50. The van der Waals surface area contributed by atoms with Crippen molar-refractivity contribution in [2.75, 3.05) is 6.61 Å². The number of unbranched alkanes of at least 4 members (excludes halogenated alkanes) is 1. The highest BCUT2D eigenvalue weighted by atomic mass is 16.5. The number of aromatic carboxylic acids is 1. The summed E-state index contributed by atoms with van der Waals surface area (Å²) in [6, 6.07) is 3.34. The number of carbonyl (C=O) groups excluding carboxylic acids is 1. The van der Waals surface area contributed by atoms with Gasteiger partial charge in [-0.3, -0.25) is 0 Å². The average molecular weight is 292 g/mol. The average Bonchev–Trinajstić information content (AvgIpc) is 2.40. The molecule has 0 bridgehead atoms. The summed E-state index contributed by atoms with van der Waals surface area (Å²) in [6.45, 7) is 8.25. The van der Waals surface area contributed by atoms with Crippen LogP contribution in [0.5, 0.6) is 0 Å². The Bertz CT molecular complexity index is 518. The Labute approximate surface area is 126 Å². The van der Waals surface area contributed by atoms with Crippen LogP contribution in [-0.4, -0.2) is 23.7 Å². The lowest BCUT2D eigenvalue weighted by molar-refractivity contribution is 0.0489. The van der Waals surface area contributed by atoms with Gasteiger partial charge < -0.3 is 9.84 Å². The Morgan fingerprint density at radius 1 is 1.29 bits per heavy atom. The van der Waals surface area contributed by atoms with E-state index in [0.717, 1.165) is 24.0 Å². The third kappa shape index (κ3) is 4.59. The number of rotatable bonds is 7. The van der Waals surface area contributed by atoms with Crippen molar-refractivity contribution in [2.24, 2.45) is 5.92 Å². The SMILES string of the molecule is CCCCOC(=O)c1ccc(C)c(CC(C)C)c1C(=O)O. The van der Waals surface area contributed by atoms with Crippen LogP contribution in [0.3, 0.4) is 0 Å². The topological polar surface area (TPSA) is 63.6 Å². The minimum atomic E-state index is -1.07. The first-order valence-corrected chi connectivity index (χ1v) is 7.41. The zero-order valence-corrected chi connectivity index (χ0v) is 13.2. The van der Waals surface area contributed by atoms with Crippen LogP contribution in [0.1, 0.15) is 65.5 Å². The minimum Gasteiger partial charge on any atom is -0.478 e. The molecule has 0 fully saturated rings. The molecule has 0 amide bonds. The first-order chi connectivity index (χ1) is 9.88. The van der Waals surface area contributed by atoms with Gasteiger partial charge in [0.15, 0.2) is 0 Å². The highest BCUT2D eigenvalue weighted by molar-refractivity contribution is 6.03. The predicted octanol–water partition coefficient (Wildman–Crippen LogP) is 3.85. The molecule has 0 aliphatic rings. The molecule has 0 saturated heterocycles. The van der Waals surface area contributed by atoms with Crippen LogP contribution in [0.25, 0.3) is 0 Å². The first kappa shape index (κ1) is 17.2. The first-order valence-electron chi connectivity index (χ1n) is 7.41. The Balaban J connectivity index is 3.19. The van der Waals surface area contributed by atoms with Gasteiger partial charge in [-0.15, -0.1) is 0 Å². The molecule has 116 valence electrons. The van der Waals surface area contributed by atoms with Crippen LogP contribution in [-0.2, 0) is 11.2 Å². The largest absolute Gasteiger partial charge is 0.478 e. The molecule has 0 spiro atoms. The lowest BCUT2D eigenvalue weighted by atomic mass is 9.90. The van der Waals surface area contributed by atoms with Gasteiger partial charge in [0.1, 0.15) is 0 Å². The summed E-state index contributed by atoms with van der Waals surface area (Å²) in [4.78, 5) is 23.7. The van der Waals surface area contributed by atoms with Crippen LogP contribution in [0.15, 0.2) is 12.1 Å². The number of ether oxygens (including phenoxy) is 1. The Hall–Kier alpha value is -1.84. The number of hydrogen-bond acceptors (Lipinski definition) is 3. The monoisotopic (exact) mass is 292 g/mol. The van der Waals surface area contributed by atoms with Gasteiger partial charge in [-0.05, 0) is 42.9 Å². The molecule has 0 saturated carbocycles. The van der Waals surface area contributed by atoms with E-state index < -0.39 is 11.9 Å². The summed E-state index contributed by atoms with van der Waals surface area (Å²) >= 11 is 0. The summed E-state index contributed by atoms with van der Waals surface area (Å²) in [5.41, 5.74) is 1.86. The summed E-state index contributed by atoms with van der Waals surface area (Å²) in [7, 11) is 0. The van der Waals surface area contributed by atoms with Crippen LogP contribution in [0.4, 0.5) is 0 Å². The van der Waals surface area contributed by atoms with E-state index in [2.05, 4.69) is 0 Å². The van der Waals surface area contributed by atoms with Gasteiger partial charge in [-0.2, -0.15) is 0 Å². The summed E-state index contributed by atoms with van der Waals surface area (Å²) in [5.74, 6) is -1.31. The third-order valence-corrected chi connectivity index (χ3v) is 3.32. The van der Waals surface area contributed by atoms with E-state index in [0.29, 0.717) is 18.9 Å². The Morgan fingerprint density at radius 3 is 2.48 bits per heavy atom. The molecule has 0 aliphatic carbocycles. The molecular formula is C17H24O4. The molecule has 1 rings (SSSR count). The molecule has 0 aromatic heterocycles. The molecule has 0 unspecified atom stereocenters. The van der Waals surface area contributed by atoms with Crippen LogP contribution >= 0.6 is 0 Å². The third-order valence-electron chi connectivity index (χ3n) is 3.32. The number of hydrogen-bond donors (Lipinski definition) is 1. The van der Waals surface area contributed by atoms with Gasteiger partial charge in [-0.1, -0.05) is 33.3 Å². The van der Waals surface area contributed by atoms with Crippen molar-refractivity contribution in [1.82, 2.24) is 0 Å². The highest BCUT2D eigenvalue weighted by Gasteiger charge is 2.23. The maximum absolute atomic E-state index is 12.1. The fourth-order valence-corrected chi connectivity index (χ4v) is 2.22. The zero-order chi connectivity index (χ0) is 16.0. The van der Waals surface area contributed by atoms with Crippen molar-refractivity contribution in [3.05, 3.63) is 34.4 Å². The molecule has 4 nitrogen and oxygen atoms in total. The molecule has 4 heteroatoms. The summed E-state index contributed by atoms with van der Waals surface area (Å²) < 4.78 is 5.16. The van der Waals surface area contributed by atoms with Crippen molar-refractivity contribution in [2.45, 2.75) is 47.0 Å². The maximum Gasteiger partial charge on any atom is 0.339 e. The Morgan fingerprint density at radius 2 is 1.95 bits per heavy atom. The van der Waals surface area contributed by atoms with Gasteiger partial charge >= 0.3 is 11.9 Å². The van der Waals surface area contributed by atoms with Gasteiger partial charge in [-0.25, -0.2) is 9.59 Å². The van der Waals surface area contributed by atoms with Gasteiger partial charge in [0.25, 0.3) is 0 Å². The molecule has 0 atom stereocenters. The number of esters is 1. The number of aryl methyl sites for hydroxylation is 1. The van der Waals surface area contributed by atoms with Crippen molar-refractivity contribution in [3.63, 3.8) is 0 Å². The molecule has 1 aromatic carbocycles. The Kier molecular flexibility index (Phi) is 6.40. The molecule has 0 aliphatic heterocycles. The highest BCUT2D eigenvalue weighted by Crippen LogP contribution is 2.23. The van der Waals surface area contributed by atoms with E-state index >= 15 is 0 Å². The molecule has 1 aromatic rings. The second-order valence-corrected chi connectivity index (χ2v) is 5.68. The molecule has 1 N–H and O–H groups in total. The fourth-order valence-electron chi connectivity index (χ4n) is 2.22. The number of carboxylic acid groups (broad SMARTS) is 1. The quantitative estimate of drug-likeness (QED) is 0.612. The molecular weight excluding hydrogens is 268 g/mol. The van der Waals surface area contributed by atoms with Gasteiger partial charge in [0, 0.05) is 0 Å². The van der Waals surface area contributed by atoms with Crippen molar-refractivity contribution in [3.8, 4) is 0 Å². The number of benzene rings is 1. The summed E-state index contributed by atoms with van der Waals surface area (Å²) in [6.07, 6.45) is 2.33. The minimum absolute atomic E-state index is 0.0881. The predicted molar refractivity (Wildman–Crippen MR) is 81.9 cm³/mol. The second kappa shape index (κ2) is 7.81. The maximum atomic E-state index is 12.1. The van der Waals surface area contributed by atoms with E-state index in [4.69, 9.17) is 4.74 Å². The smallest absolute Gasteiger partial charge is 0.339 e. The molecule has 0 heterocycles. The van der Waals surface area contributed by atoms with E-state index in [9.17, 15) is 14.7 Å². The van der Waals surface area contributed by atoms with E-state index in [1.54, 1.807) is 12.1 Å².